The lowest BCUT2D eigenvalue weighted by atomic mass is 9.86. The fraction of sp³-hybridized carbons (Fsp3) is 0.765. The van der Waals surface area contributed by atoms with Crippen molar-refractivity contribution >= 4 is 0 Å². The number of hydrogen-bond acceptors (Lipinski definition) is 5. The summed E-state index contributed by atoms with van der Waals surface area (Å²) in [4.78, 5) is 0. The van der Waals surface area contributed by atoms with Gasteiger partial charge in [0.1, 0.15) is 0 Å². The van der Waals surface area contributed by atoms with Crippen LogP contribution in [0.5, 0.6) is 0 Å². The Kier molecular flexibility index (Phi) is 9.59. The van der Waals surface area contributed by atoms with E-state index < -0.39 is 0 Å². The molecule has 0 aromatic rings. The first-order valence-corrected chi connectivity index (χ1v) is 7.71. The van der Waals surface area contributed by atoms with Crippen LogP contribution in [0, 0.1) is 5.92 Å². The summed E-state index contributed by atoms with van der Waals surface area (Å²) in [5, 5.41) is 0. The van der Waals surface area contributed by atoms with E-state index in [-0.39, 0.29) is 18.7 Å². The van der Waals surface area contributed by atoms with Crippen molar-refractivity contribution in [3.63, 3.8) is 0 Å². The maximum absolute atomic E-state index is 5.64. The molecule has 0 amide bonds. The molecule has 0 aromatic heterocycles. The lowest BCUT2D eigenvalue weighted by Gasteiger charge is -2.28. The minimum absolute atomic E-state index is 0.0408. The first-order valence-electron chi connectivity index (χ1n) is 7.71. The Morgan fingerprint density at radius 1 is 1.05 bits per heavy atom. The fourth-order valence-electron chi connectivity index (χ4n) is 2.85. The molecular weight excluding hydrogens is 284 g/mol. The molecule has 0 saturated heterocycles. The molecule has 1 aliphatic rings. The Bertz CT molecular complexity index is 345. The third-order valence-corrected chi connectivity index (χ3v) is 4.04. The molecule has 0 heterocycles. The van der Waals surface area contributed by atoms with Gasteiger partial charge < -0.3 is 23.7 Å². The van der Waals surface area contributed by atoms with Gasteiger partial charge in [0.15, 0.2) is 12.6 Å². The van der Waals surface area contributed by atoms with E-state index in [9.17, 15) is 0 Å². The van der Waals surface area contributed by atoms with Gasteiger partial charge in [0.05, 0.1) is 6.10 Å². The van der Waals surface area contributed by atoms with Gasteiger partial charge in [0, 0.05) is 47.9 Å². The highest BCUT2D eigenvalue weighted by molar-refractivity contribution is 5.14. The van der Waals surface area contributed by atoms with E-state index in [0.717, 1.165) is 19.3 Å². The smallest absolute Gasteiger partial charge is 0.179 e. The third-order valence-electron chi connectivity index (χ3n) is 4.04. The Labute approximate surface area is 134 Å². The van der Waals surface area contributed by atoms with E-state index in [2.05, 4.69) is 18.2 Å². The van der Waals surface area contributed by atoms with E-state index in [1.54, 1.807) is 35.5 Å². The van der Waals surface area contributed by atoms with Gasteiger partial charge in [-0.1, -0.05) is 18.2 Å². The normalized spacial score (nSPS) is 20.9. The first kappa shape index (κ1) is 19.3. The average Bonchev–Trinajstić information content (AvgIpc) is 2.57. The molecule has 22 heavy (non-hydrogen) atoms. The molecule has 0 saturated carbocycles. The lowest BCUT2D eigenvalue weighted by molar-refractivity contribution is -0.0987. The zero-order valence-electron chi connectivity index (χ0n) is 14.4. The van der Waals surface area contributed by atoms with Gasteiger partial charge >= 0.3 is 0 Å². The van der Waals surface area contributed by atoms with Crippen LogP contribution in [0.2, 0.25) is 0 Å². The summed E-state index contributed by atoms with van der Waals surface area (Å²) in [6, 6.07) is 0. The van der Waals surface area contributed by atoms with Crippen LogP contribution in [0.1, 0.15) is 25.7 Å². The molecule has 0 aliphatic heterocycles. The Morgan fingerprint density at radius 3 is 2.27 bits per heavy atom. The van der Waals surface area contributed by atoms with Gasteiger partial charge in [-0.05, 0) is 24.8 Å². The van der Waals surface area contributed by atoms with Crippen LogP contribution in [-0.4, -0.2) is 54.2 Å². The van der Waals surface area contributed by atoms with Crippen molar-refractivity contribution in [2.24, 2.45) is 5.92 Å². The summed E-state index contributed by atoms with van der Waals surface area (Å²) in [5.41, 5.74) is 1.20. The summed E-state index contributed by atoms with van der Waals surface area (Å²) in [7, 11) is 8.36. The second-order valence-electron chi connectivity index (χ2n) is 5.37. The van der Waals surface area contributed by atoms with Gasteiger partial charge in [-0.2, -0.15) is 0 Å². The van der Waals surface area contributed by atoms with Crippen molar-refractivity contribution in [2.45, 2.75) is 44.4 Å². The van der Waals surface area contributed by atoms with Crippen molar-refractivity contribution in [1.29, 1.82) is 0 Å². The number of methoxy groups -OCH3 is 5. The van der Waals surface area contributed by atoms with E-state index >= 15 is 0 Å². The molecule has 0 radical (unpaired) electrons. The minimum atomic E-state index is -0.254. The Hall–Kier alpha value is -0.720. The van der Waals surface area contributed by atoms with Crippen molar-refractivity contribution < 1.29 is 23.7 Å². The molecule has 0 bridgehead atoms. The Morgan fingerprint density at radius 2 is 1.73 bits per heavy atom. The molecule has 2 atom stereocenters. The third kappa shape index (κ3) is 5.82. The van der Waals surface area contributed by atoms with Gasteiger partial charge in [0.2, 0.25) is 0 Å². The Balaban J connectivity index is 2.68. The topological polar surface area (TPSA) is 46.2 Å². The average molecular weight is 314 g/mol. The molecule has 5 nitrogen and oxygen atoms in total. The highest BCUT2D eigenvalue weighted by Crippen LogP contribution is 2.30. The first-order chi connectivity index (χ1) is 10.7. The molecule has 0 aromatic carbocycles. The number of rotatable bonds is 10. The lowest BCUT2D eigenvalue weighted by Crippen LogP contribution is -2.26. The van der Waals surface area contributed by atoms with E-state index in [1.807, 2.05) is 0 Å². The van der Waals surface area contributed by atoms with Gasteiger partial charge in [0.25, 0.3) is 0 Å². The van der Waals surface area contributed by atoms with Crippen LogP contribution in [0.15, 0.2) is 23.8 Å². The second-order valence-corrected chi connectivity index (χ2v) is 5.37. The summed E-state index contributed by atoms with van der Waals surface area (Å²) in [6.45, 7) is 0. The van der Waals surface area contributed by atoms with Crippen LogP contribution in [0.4, 0.5) is 0 Å². The monoisotopic (exact) mass is 314 g/mol. The van der Waals surface area contributed by atoms with Crippen molar-refractivity contribution in [3.8, 4) is 0 Å². The number of hydrogen-bond donors (Lipinski definition) is 0. The minimum Gasteiger partial charge on any atom is -0.377 e. The maximum Gasteiger partial charge on any atom is 0.179 e. The van der Waals surface area contributed by atoms with Gasteiger partial charge in [-0.15, -0.1) is 0 Å². The van der Waals surface area contributed by atoms with Crippen LogP contribution >= 0.6 is 0 Å². The quantitative estimate of drug-likeness (QED) is 0.458. The predicted octanol–water partition coefficient (Wildman–Crippen LogP) is 2.91. The highest BCUT2D eigenvalue weighted by atomic mass is 16.7. The van der Waals surface area contributed by atoms with E-state index in [0.29, 0.717) is 12.3 Å². The van der Waals surface area contributed by atoms with Crippen molar-refractivity contribution in [2.75, 3.05) is 35.5 Å². The zero-order chi connectivity index (χ0) is 16.4. The number of ether oxygens (including phenoxy) is 5. The molecule has 0 fully saturated rings. The fourth-order valence-corrected chi connectivity index (χ4v) is 2.85. The second kappa shape index (κ2) is 10.9. The van der Waals surface area contributed by atoms with Crippen molar-refractivity contribution in [3.05, 3.63) is 23.8 Å². The SMILES string of the molecule is COC(CC=CC(OC)C1C=C(C(OC)OC)CCC1)OC. The molecule has 0 N–H and O–H groups in total. The maximum atomic E-state index is 5.64. The summed E-state index contributed by atoms with van der Waals surface area (Å²) < 4.78 is 26.7. The molecule has 5 heteroatoms. The standard InChI is InChI=1S/C17H30O5/c1-18-15(10-7-11-16(19-2)20-3)13-8-6-9-14(12-13)17(21-4)22-5/h7,10,12-13,15-17H,6,8-9,11H2,1-5H3. The predicted molar refractivity (Wildman–Crippen MR) is 85.6 cm³/mol. The van der Waals surface area contributed by atoms with E-state index in [4.69, 9.17) is 23.7 Å². The molecular formula is C17H30O5. The highest BCUT2D eigenvalue weighted by Gasteiger charge is 2.24. The molecule has 1 rings (SSSR count). The summed E-state index contributed by atoms with van der Waals surface area (Å²) in [5.74, 6) is 0.335. The summed E-state index contributed by atoms with van der Waals surface area (Å²) >= 11 is 0. The van der Waals surface area contributed by atoms with Crippen LogP contribution < -0.4 is 0 Å². The molecule has 2 unspecified atom stereocenters. The molecule has 1 aliphatic carbocycles. The zero-order valence-corrected chi connectivity index (χ0v) is 14.4. The largest absolute Gasteiger partial charge is 0.377 e. The van der Waals surface area contributed by atoms with Crippen molar-refractivity contribution in [1.82, 2.24) is 0 Å². The summed E-state index contributed by atoms with van der Waals surface area (Å²) in [6.07, 6.45) is 9.89. The van der Waals surface area contributed by atoms with Crippen LogP contribution in [0.3, 0.4) is 0 Å². The van der Waals surface area contributed by atoms with Gasteiger partial charge in [-0.25, -0.2) is 0 Å². The molecule has 128 valence electrons. The molecule has 0 spiro atoms. The van der Waals surface area contributed by atoms with Crippen LogP contribution in [0.25, 0.3) is 0 Å². The van der Waals surface area contributed by atoms with Gasteiger partial charge in [-0.3, -0.25) is 0 Å². The van der Waals surface area contributed by atoms with E-state index in [1.165, 1.54) is 5.57 Å². The van der Waals surface area contributed by atoms with Crippen LogP contribution in [-0.2, 0) is 23.7 Å².